The molecular weight excluding hydrogens is 236 g/mol. The Labute approximate surface area is 101 Å². The summed E-state index contributed by atoms with van der Waals surface area (Å²) < 4.78 is 1.73. The number of phenolic OH excluding ortho intramolecular Hbond substituents is 1. The average molecular weight is 246 g/mol. The number of hydrogen-bond acceptors (Lipinski definition) is 5. The molecule has 0 aliphatic rings. The van der Waals surface area contributed by atoms with Gasteiger partial charge in [-0.3, -0.25) is 0 Å². The molecule has 0 atom stereocenters. The zero-order chi connectivity index (χ0) is 12.0. The minimum absolute atomic E-state index is 0.269. The van der Waals surface area contributed by atoms with E-state index in [1.165, 1.54) is 11.3 Å². The molecule has 0 amide bonds. The number of aromatic hydroxyl groups is 1. The van der Waals surface area contributed by atoms with Crippen molar-refractivity contribution >= 4 is 16.3 Å². The summed E-state index contributed by atoms with van der Waals surface area (Å²) in [6.07, 6.45) is 0. The van der Waals surface area contributed by atoms with Crippen molar-refractivity contribution < 1.29 is 5.11 Å². The number of nitrogens with zero attached hydrogens (tertiary/aromatic N) is 4. The highest BCUT2D eigenvalue weighted by Crippen LogP contribution is 2.29. The van der Waals surface area contributed by atoms with Gasteiger partial charge < -0.3 is 5.11 Å². The SMILES string of the molecule is Cc1cc(O)ccc1-c1nn2c(C)nnc2s1. The molecule has 0 fully saturated rings. The van der Waals surface area contributed by atoms with Gasteiger partial charge in [-0.2, -0.15) is 9.61 Å². The largest absolute Gasteiger partial charge is 0.508 e. The smallest absolute Gasteiger partial charge is 0.234 e. The number of fused-ring (bicyclic) bond motifs is 1. The van der Waals surface area contributed by atoms with Crippen molar-refractivity contribution in [3.05, 3.63) is 29.6 Å². The maximum atomic E-state index is 9.38. The lowest BCUT2D eigenvalue weighted by molar-refractivity contribution is 0.475. The molecule has 86 valence electrons. The summed E-state index contributed by atoms with van der Waals surface area (Å²) >= 11 is 1.49. The van der Waals surface area contributed by atoms with Crippen LogP contribution in [0.1, 0.15) is 11.4 Å². The molecule has 0 bridgehead atoms. The van der Waals surface area contributed by atoms with Crippen LogP contribution in [0.25, 0.3) is 15.5 Å². The van der Waals surface area contributed by atoms with Gasteiger partial charge in [0.05, 0.1) is 0 Å². The highest BCUT2D eigenvalue weighted by Gasteiger charge is 2.12. The van der Waals surface area contributed by atoms with Gasteiger partial charge in [0.2, 0.25) is 4.96 Å². The predicted molar refractivity (Wildman–Crippen MR) is 65.2 cm³/mol. The fraction of sp³-hybridized carbons (Fsp3) is 0.182. The fourth-order valence-electron chi connectivity index (χ4n) is 1.71. The van der Waals surface area contributed by atoms with E-state index in [2.05, 4.69) is 15.3 Å². The molecule has 0 unspecified atom stereocenters. The summed E-state index contributed by atoms with van der Waals surface area (Å²) in [6.45, 7) is 3.82. The van der Waals surface area contributed by atoms with Gasteiger partial charge in [0.1, 0.15) is 10.8 Å². The topological polar surface area (TPSA) is 63.3 Å². The lowest BCUT2D eigenvalue weighted by atomic mass is 10.1. The maximum Gasteiger partial charge on any atom is 0.234 e. The van der Waals surface area contributed by atoms with Crippen LogP contribution in [0.3, 0.4) is 0 Å². The van der Waals surface area contributed by atoms with Crippen LogP contribution in [0.4, 0.5) is 0 Å². The zero-order valence-electron chi connectivity index (χ0n) is 9.38. The predicted octanol–water partition coefficient (Wildman–Crippen LogP) is 2.18. The van der Waals surface area contributed by atoms with Gasteiger partial charge in [-0.05, 0) is 37.6 Å². The minimum Gasteiger partial charge on any atom is -0.508 e. The van der Waals surface area contributed by atoms with Crippen molar-refractivity contribution in [2.24, 2.45) is 0 Å². The maximum absolute atomic E-state index is 9.38. The zero-order valence-corrected chi connectivity index (χ0v) is 10.2. The Bertz CT molecular complexity index is 701. The van der Waals surface area contributed by atoms with Crippen molar-refractivity contribution in [2.45, 2.75) is 13.8 Å². The van der Waals surface area contributed by atoms with Gasteiger partial charge >= 0.3 is 0 Å². The van der Waals surface area contributed by atoms with E-state index in [1.54, 1.807) is 16.6 Å². The summed E-state index contributed by atoms with van der Waals surface area (Å²) in [5.74, 6) is 1.05. The van der Waals surface area contributed by atoms with E-state index in [0.29, 0.717) is 0 Å². The van der Waals surface area contributed by atoms with Crippen LogP contribution in [0.15, 0.2) is 18.2 Å². The Hall–Kier alpha value is -1.95. The number of aromatic nitrogens is 4. The molecule has 0 aliphatic carbocycles. The van der Waals surface area contributed by atoms with Crippen molar-refractivity contribution in [1.82, 2.24) is 19.8 Å². The number of aryl methyl sites for hydroxylation is 2. The summed E-state index contributed by atoms with van der Waals surface area (Å²) in [7, 11) is 0. The third kappa shape index (κ3) is 1.57. The number of phenols is 1. The van der Waals surface area contributed by atoms with Gasteiger partial charge in [0.25, 0.3) is 0 Å². The Morgan fingerprint density at radius 1 is 1.24 bits per heavy atom. The van der Waals surface area contributed by atoms with Gasteiger partial charge in [-0.25, -0.2) is 0 Å². The van der Waals surface area contributed by atoms with Crippen LogP contribution in [0, 0.1) is 13.8 Å². The molecule has 0 saturated heterocycles. The fourth-order valence-corrected chi connectivity index (χ4v) is 2.69. The quantitative estimate of drug-likeness (QED) is 0.714. The van der Waals surface area contributed by atoms with Crippen molar-refractivity contribution in [2.75, 3.05) is 0 Å². The van der Waals surface area contributed by atoms with Gasteiger partial charge in [0, 0.05) is 5.56 Å². The normalized spacial score (nSPS) is 11.2. The Morgan fingerprint density at radius 3 is 2.76 bits per heavy atom. The van der Waals surface area contributed by atoms with E-state index in [4.69, 9.17) is 0 Å². The first-order valence-electron chi connectivity index (χ1n) is 5.14. The molecule has 0 radical (unpaired) electrons. The summed E-state index contributed by atoms with van der Waals surface area (Å²) in [4.78, 5) is 0.782. The van der Waals surface area contributed by atoms with Crippen LogP contribution < -0.4 is 0 Å². The number of hydrogen-bond donors (Lipinski definition) is 1. The van der Waals surface area contributed by atoms with Crippen LogP contribution in [0.2, 0.25) is 0 Å². The Kier molecular flexibility index (Phi) is 2.12. The monoisotopic (exact) mass is 246 g/mol. The van der Waals surface area contributed by atoms with Crippen molar-refractivity contribution in [3.8, 4) is 16.3 Å². The minimum atomic E-state index is 0.269. The van der Waals surface area contributed by atoms with Gasteiger partial charge in [-0.1, -0.05) is 11.3 Å². The Balaban J connectivity index is 2.20. The van der Waals surface area contributed by atoms with E-state index in [9.17, 15) is 5.11 Å². The molecule has 1 aromatic carbocycles. The number of benzene rings is 1. The highest BCUT2D eigenvalue weighted by molar-refractivity contribution is 7.19. The molecule has 2 aromatic heterocycles. The molecular formula is C11H10N4OS. The Morgan fingerprint density at radius 2 is 2.06 bits per heavy atom. The van der Waals surface area contributed by atoms with Crippen LogP contribution in [0.5, 0.6) is 5.75 Å². The van der Waals surface area contributed by atoms with E-state index in [1.807, 2.05) is 19.9 Å². The van der Waals surface area contributed by atoms with E-state index in [0.717, 1.165) is 26.9 Å². The van der Waals surface area contributed by atoms with Gasteiger partial charge in [0.15, 0.2) is 5.82 Å². The molecule has 0 aliphatic heterocycles. The van der Waals surface area contributed by atoms with E-state index < -0.39 is 0 Å². The first kappa shape index (κ1) is 10.2. The van der Waals surface area contributed by atoms with Crippen molar-refractivity contribution in [3.63, 3.8) is 0 Å². The second kappa shape index (κ2) is 3.53. The second-order valence-corrected chi connectivity index (χ2v) is 4.80. The first-order chi connectivity index (χ1) is 8.15. The molecule has 5 nitrogen and oxygen atoms in total. The second-order valence-electron chi connectivity index (χ2n) is 3.85. The average Bonchev–Trinajstić information content (AvgIpc) is 2.81. The molecule has 3 aromatic rings. The molecule has 17 heavy (non-hydrogen) atoms. The number of rotatable bonds is 1. The van der Waals surface area contributed by atoms with Crippen molar-refractivity contribution in [1.29, 1.82) is 0 Å². The summed E-state index contributed by atoms with van der Waals surface area (Å²) in [6, 6.07) is 5.26. The molecule has 0 saturated carbocycles. The van der Waals surface area contributed by atoms with Crippen LogP contribution in [-0.2, 0) is 0 Å². The molecule has 3 rings (SSSR count). The lowest BCUT2D eigenvalue weighted by Gasteiger charge is -2.01. The first-order valence-corrected chi connectivity index (χ1v) is 5.95. The van der Waals surface area contributed by atoms with Crippen LogP contribution in [-0.4, -0.2) is 24.9 Å². The lowest BCUT2D eigenvalue weighted by Crippen LogP contribution is -1.89. The van der Waals surface area contributed by atoms with E-state index in [-0.39, 0.29) is 5.75 Å². The van der Waals surface area contributed by atoms with Crippen LogP contribution >= 0.6 is 11.3 Å². The standard InChI is InChI=1S/C11H10N4OS/c1-6-5-8(16)3-4-9(6)10-14-15-7(2)12-13-11(15)17-10/h3-5,16H,1-2H3. The highest BCUT2D eigenvalue weighted by atomic mass is 32.1. The molecule has 6 heteroatoms. The third-order valence-electron chi connectivity index (χ3n) is 2.59. The van der Waals surface area contributed by atoms with Gasteiger partial charge in [-0.15, -0.1) is 10.2 Å². The molecule has 0 spiro atoms. The van der Waals surface area contributed by atoms with E-state index >= 15 is 0 Å². The summed E-state index contributed by atoms with van der Waals surface area (Å²) in [5, 5.41) is 22.7. The third-order valence-corrected chi connectivity index (χ3v) is 3.52. The summed E-state index contributed by atoms with van der Waals surface area (Å²) in [5.41, 5.74) is 2.00. The molecule has 1 N–H and O–H groups in total. The molecule has 2 heterocycles.